The minimum atomic E-state index is 0.109. The SMILES string of the molecule is CC1(CC=O)CCc2ccccc21. The second kappa shape index (κ2) is 2.99. The van der Waals surface area contributed by atoms with E-state index in [-0.39, 0.29) is 5.41 Å². The largest absolute Gasteiger partial charge is 0.303 e. The van der Waals surface area contributed by atoms with Crippen LogP contribution in [0.1, 0.15) is 30.9 Å². The Morgan fingerprint density at radius 1 is 1.46 bits per heavy atom. The molecule has 0 aliphatic heterocycles. The predicted molar refractivity (Wildman–Crippen MR) is 52.8 cm³/mol. The molecule has 13 heavy (non-hydrogen) atoms. The van der Waals surface area contributed by atoms with E-state index in [1.807, 2.05) is 0 Å². The van der Waals surface area contributed by atoms with Crippen LogP contribution in [-0.4, -0.2) is 6.29 Å². The molecular formula is C12H14O. The molecule has 0 amide bonds. The highest BCUT2D eigenvalue weighted by molar-refractivity contribution is 5.55. The first-order valence-electron chi connectivity index (χ1n) is 4.78. The van der Waals surface area contributed by atoms with Crippen LogP contribution < -0.4 is 0 Å². The smallest absolute Gasteiger partial charge is 0.120 e. The van der Waals surface area contributed by atoms with E-state index in [2.05, 4.69) is 31.2 Å². The van der Waals surface area contributed by atoms with Crippen LogP contribution in [-0.2, 0) is 16.6 Å². The highest BCUT2D eigenvalue weighted by atomic mass is 16.1. The first-order chi connectivity index (χ1) is 6.26. The lowest BCUT2D eigenvalue weighted by Gasteiger charge is -2.22. The molecule has 0 aromatic heterocycles. The fraction of sp³-hybridized carbons (Fsp3) is 0.417. The summed E-state index contributed by atoms with van der Waals surface area (Å²) in [5.74, 6) is 0. The Labute approximate surface area is 78.8 Å². The highest BCUT2D eigenvalue weighted by Gasteiger charge is 2.33. The van der Waals surface area contributed by atoms with Gasteiger partial charge >= 0.3 is 0 Å². The van der Waals surface area contributed by atoms with Crippen molar-refractivity contribution in [2.75, 3.05) is 0 Å². The van der Waals surface area contributed by atoms with Gasteiger partial charge in [-0.2, -0.15) is 0 Å². The summed E-state index contributed by atoms with van der Waals surface area (Å²) in [5.41, 5.74) is 2.91. The van der Waals surface area contributed by atoms with E-state index >= 15 is 0 Å². The van der Waals surface area contributed by atoms with Crippen LogP contribution in [0.5, 0.6) is 0 Å². The van der Waals surface area contributed by atoms with E-state index in [4.69, 9.17) is 0 Å². The summed E-state index contributed by atoms with van der Waals surface area (Å²) >= 11 is 0. The predicted octanol–water partition coefficient (Wildman–Crippen LogP) is 2.48. The summed E-state index contributed by atoms with van der Waals surface area (Å²) in [7, 11) is 0. The highest BCUT2D eigenvalue weighted by Crippen LogP contribution is 2.40. The molecule has 0 heterocycles. The number of carbonyl (C=O) groups is 1. The van der Waals surface area contributed by atoms with Gasteiger partial charge in [0, 0.05) is 6.42 Å². The van der Waals surface area contributed by atoms with Gasteiger partial charge in [-0.1, -0.05) is 31.2 Å². The second-order valence-corrected chi connectivity index (χ2v) is 4.09. The third-order valence-electron chi connectivity index (χ3n) is 3.15. The topological polar surface area (TPSA) is 17.1 Å². The molecule has 2 rings (SSSR count). The van der Waals surface area contributed by atoms with Crippen molar-refractivity contribution in [1.82, 2.24) is 0 Å². The molecular weight excluding hydrogens is 160 g/mol. The van der Waals surface area contributed by atoms with Gasteiger partial charge in [-0.05, 0) is 29.4 Å². The minimum Gasteiger partial charge on any atom is -0.303 e. The zero-order valence-corrected chi connectivity index (χ0v) is 7.92. The first kappa shape index (κ1) is 8.49. The van der Waals surface area contributed by atoms with Crippen LogP contribution >= 0.6 is 0 Å². The van der Waals surface area contributed by atoms with Crippen molar-refractivity contribution >= 4 is 6.29 Å². The maximum Gasteiger partial charge on any atom is 0.120 e. The molecule has 1 aliphatic rings. The quantitative estimate of drug-likeness (QED) is 0.629. The van der Waals surface area contributed by atoms with Crippen molar-refractivity contribution in [3.05, 3.63) is 35.4 Å². The van der Waals surface area contributed by atoms with Crippen molar-refractivity contribution in [2.45, 2.75) is 31.6 Å². The molecule has 1 aromatic carbocycles. The van der Waals surface area contributed by atoms with Gasteiger partial charge in [-0.3, -0.25) is 0 Å². The molecule has 1 aromatic rings. The molecule has 1 aliphatic carbocycles. The maximum atomic E-state index is 10.6. The van der Waals surface area contributed by atoms with E-state index < -0.39 is 0 Å². The number of aldehydes is 1. The Kier molecular flexibility index (Phi) is 1.95. The Balaban J connectivity index is 2.42. The molecule has 1 heteroatoms. The maximum absolute atomic E-state index is 10.6. The number of rotatable bonds is 2. The number of hydrogen-bond donors (Lipinski definition) is 0. The standard InChI is InChI=1S/C12H14O/c1-12(8-9-13)7-6-10-4-2-3-5-11(10)12/h2-5,9H,6-8H2,1H3. The summed E-state index contributed by atoms with van der Waals surface area (Å²) < 4.78 is 0. The third-order valence-corrected chi connectivity index (χ3v) is 3.15. The lowest BCUT2D eigenvalue weighted by molar-refractivity contribution is -0.108. The Morgan fingerprint density at radius 3 is 3.00 bits per heavy atom. The lowest BCUT2D eigenvalue weighted by Crippen LogP contribution is -2.18. The number of aryl methyl sites for hydroxylation is 1. The third kappa shape index (κ3) is 1.28. The van der Waals surface area contributed by atoms with Crippen LogP contribution in [0.25, 0.3) is 0 Å². The molecule has 0 spiro atoms. The van der Waals surface area contributed by atoms with Crippen molar-refractivity contribution < 1.29 is 4.79 Å². The summed E-state index contributed by atoms with van der Waals surface area (Å²) in [4.78, 5) is 10.6. The fourth-order valence-corrected chi connectivity index (χ4v) is 2.27. The van der Waals surface area contributed by atoms with E-state index in [9.17, 15) is 4.79 Å². The number of fused-ring (bicyclic) bond motifs is 1. The minimum absolute atomic E-state index is 0.109. The molecule has 0 saturated carbocycles. The van der Waals surface area contributed by atoms with Gasteiger partial charge in [0.2, 0.25) is 0 Å². The van der Waals surface area contributed by atoms with E-state index in [1.54, 1.807) is 0 Å². The summed E-state index contributed by atoms with van der Waals surface area (Å²) in [6.07, 6.45) is 3.94. The molecule has 68 valence electrons. The molecule has 1 unspecified atom stereocenters. The molecule has 0 radical (unpaired) electrons. The summed E-state index contributed by atoms with van der Waals surface area (Å²) in [5, 5.41) is 0. The van der Waals surface area contributed by atoms with Crippen molar-refractivity contribution in [2.24, 2.45) is 0 Å². The van der Waals surface area contributed by atoms with Gasteiger partial charge < -0.3 is 4.79 Å². The number of benzene rings is 1. The van der Waals surface area contributed by atoms with Gasteiger partial charge in [-0.15, -0.1) is 0 Å². The number of carbonyl (C=O) groups excluding carboxylic acids is 1. The molecule has 0 bridgehead atoms. The van der Waals surface area contributed by atoms with Gasteiger partial charge in [0.25, 0.3) is 0 Å². The van der Waals surface area contributed by atoms with Gasteiger partial charge in [0.1, 0.15) is 6.29 Å². The first-order valence-corrected chi connectivity index (χ1v) is 4.78. The lowest BCUT2D eigenvalue weighted by atomic mass is 9.81. The van der Waals surface area contributed by atoms with Crippen LogP contribution in [0.4, 0.5) is 0 Å². The van der Waals surface area contributed by atoms with Gasteiger partial charge in [0.15, 0.2) is 0 Å². The molecule has 0 fully saturated rings. The van der Waals surface area contributed by atoms with Crippen LogP contribution in [0, 0.1) is 0 Å². The van der Waals surface area contributed by atoms with E-state index in [1.165, 1.54) is 11.1 Å². The molecule has 1 atom stereocenters. The molecule has 1 nitrogen and oxygen atoms in total. The van der Waals surface area contributed by atoms with Crippen LogP contribution in [0.15, 0.2) is 24.3 Å². The average Bonchev–Trinajstić information content (AvgIpc) is 2.46. The Morgan fingerprint density at radius 2 is 2.23 bits per heavy atom. The Hall–Kier alpha value is -1.11. The van der Waals surface area contributed by atoms with Crippen LogP contribution in [0.3, 0.4) is 0 Å². The van der Waals surface area contributed by atoms with E-state index in [0.717, 1.165) is 19.1 Å². The zero-order chi connectivity index (χ0) is 9.31. The number of hydrogen-bond acceptors (Lipinski definition) is 1. The summed E-state index contributed by atoms with van der Waals surface area (Å²) in [6.45, 7) is 2.19. The van der Waals surface area contributed by atoms with Crippen LogP contribution in [0.2, 0.25) is 0 Å². The van der Waals surface area contributed by atoms with Gasteiger partial charge in [0.05, 0.1) is 0 Å². The van der Waals surface area contributed by atoms with E-state index in [0.29, 0.717) is 6.42 Å². The molecule has 0 N–H and O–H groups in total. The fourth-order valence-electron chi connectivity index (χ4n) is 2.27. The normalized spacial score (nSPS) is 25.6. The van der Waals surface area contributed by atoms with Gasteiger partial charge in [-0.25, -0.2) is 0 Å². The van der Waals surface area contributed by atoms with Crippen molar-refractivity contribution in [1.29, 1.82) is 0 Å². The zero-order valence-electron chi connectivity index (χ0n) is 7.92. The summed E-state index contributed by atoms with van der Waals surface area (Å²) in [6, 6.07) is 8.47. The Bertz CT molecular complexity index is 330. The average molecular weight is 174 g/mol. The van der Waals surface area contributed by atoms with Crippen molar-refractivity contribution in [3.63, 3.8) is 0 Å². The second-order valence-electron chi connectivity index (χ2n) is 4.09. The molecule has 0 saturated heterocycles. The van der Waals surface area contributed by atoms with Crippen molar-refractivity contribution in [3.8, 4) is 0 Å². The monoisotopic (exact) mass is 174 g/mol.